The van der Waals surface area contributed by atoms with Gasteiger partial charge in [0.15, 0.2) is 5.82 Å². The van der Waals surface area contributed by atoms with Gasteiger partial charge in [-0.1, -0.05) is 23.7 Å². The second kappa shape index (κ2) is 5.16. The van der Waals surface area contributed by atoms with Crippen LogP contribution < -0.4 is 5.73 Å². The summed E-state index contributed by atoms with van der Waals surface area (Å²) in [5, 5.41) is 4.51. The molecule has 0 saturated heterocycles. The quantitative estimate of drug-likeness (QED) is 0.940. The van der Waals surface area contributed by atoms with Gasteiger partial charge in [0.25, 0.3) is 5.89 Å². The van der Waals surface area contributed by atoms with Gasteiger partial charge in [-0.2, -0.15) is 4.98 Å². The van der Waals surface area contributed by atoms with Crippen molar-refractivity contribution in [2.75, 3.05) is 0 Å². The Morgan fingerprint density at radius 3 is 2.94 bits per heavy atom. The van der Waals surface area contributed by atoms with Crippen LogP contribution >= 0.6 is 27.5 Å². The molecule has 17 heavy (non-hydrogen) atoms. The average Bonchev–Trinajstić information content (AvgIpc) is 2.77. The number of nitrogens with zero attached hydrogens (tertiary/aromatic N) is 2. The van der Waals surface area contributed by atoms with Crippen LogP contribution in [-0.2, 0) is 0 Å². The van der Waals surface area contributed by atoms with Crippen molar-refractivity contribution in [2.45, 2.75) is 19.4 Å². The molecule has 0 saturated carbocycles. The molecule has 0 aliphatic carbocycles. The molecule has 1 atom stereocenters. The monoisotopic (exact) mass is 315 g/mol. The lowest BCUT2D eigenvalue weighted by molar-refractivity contribution is 0.415. The Morgan fingerprint density at radius 2 is 2.29 bits per heavy atom. The Morgan fingerprint density at radius 1 is 1.53 bits per heavy atom. The van der Waals surface area contributed by atoms with E-state index in [1.54, 1.807) is 12.1 Å². The van der Waals surface area contributed by atoms with Gasteiger partial charge in [0.05, 0.1) is 11.6 Å². The summed E-state index contributed by atoms with van der Waals surface area (Å²) in [6, 6.07) is 5.17. The molecular weight excluding hydrogens is 305 g/mol. The van der Waals surface area contributed by atoms with Crippen LogP contribution in [0.1, 0.15) is 25.2 Å². The maximum absolute atomic E-state index is 5.87. The molecular formula is C11H11BrClN3O. The first-order valence-corrected chi connectivity index (χ1v) is 6.33. The summed E-state index contributed by atoms with van der Waals surface area (Å²) in [6.45, 7) is 1.97. The molecule has 0 bridgehead atoms. The third-order valence-corrected chi connectivity index (χ3v) is 3.27. The van der Waals surface area contributed by atoms with E-state index in [-0.39, 0.29) is 6.04 Å². The van der Waals surface area contributed by atoms with Crippen molar-refractivity contribution in [2.24, 2.45) is 5.73 Å². The summed E-state index contributed by atoms with van der Waals surface area (Å²) in [7, 11) is 0. The minimum absolute atomic E-state index is 0.196. The van der Waals surface area contributed by atoms with E-state index < -0.39 is 0 Å². The number of hydrogen-bond donors (Lipinski definition) is 1. The van der Waals surface area contributed by atoms with Crippen molar-refractivity contribution in [1.29, 1.82) is 0 Å². The van der Waals surface area contributed by atoms with Crippen LogP contribution in [0.5, 0.6) is 0 Å². The summed E-state index contributed by atoms with van der Waals surface area (Å²) in [4.78, 5) is 4.27. The molecule has 90 valence electrons. The fraction of sp³-hybridized carbons (Fsp3) is 0.273. The number of benzene rings is 1. The first kappa shape index (κ1) is 12.5. The first-order chi connectivity index (χ1) is 8.11. The molecule has 1 aromatic heterocycles. The highest BCUT2D eigenvalue weighted by Gasteiger charge is 2.15. The van der Waals surface area contributed by atoms with Crippen LogP contribution in [0, 0.1) is 0 Å². The predicted molar refractivity (Wildman–Crippen MR) is 69.7 cm³/mol. The van der Waals surface area contributed by atoms with Crippen molar-refractivity contribution in [3.05, 3.63) is 33.5 Å². The Bertz CT molecular complexity index is 529. The lowest BCUT2D eigenvalue weighted by Crippen LogP contribution is -2.10. The molecule has 1 heterocycles. The fourth-order valence-electron chi connectivity index (χ4n) is 1.34. The molecule has 0 radical (unpaired) electrons. The van der Waals surface area contributed by atoms with Crippen LogP contribution in [0.15, 0.2) is 27.2 Å². The summed E-state index contributed by atoms with van der Waals surface area (Å²) in [5.41, 5.74) is 6.63. The van der Waals surface area contributed by atoms with Gasteiger partial charge >= 0.3 is 0 Å². The minimum atomic E-state index is -0.196. The van der Waals surface area contributed by atoms with Crippen molar-refractivity contribution >= 4 is 27.5 Å². The standard InChI is InChI=1S/C11H11BrClN3O/c1-2-9(14)10-15-11(17-16-10)7-4-3-6(13)5-8(7)12/h3-5,9H,2,14H2,1H3. The van der Waals surface area contributed by atoms with Gasteiger partial charge in [-0.3, -0.25) is 0 Å². The van der Waals surface area contributed by atoms with Gasteiger partial charge in [0.1, 0.15) is 0 Å². The molecule has 2 aromatic rings. The van der Waals surface area contributed by atoms with E-state index in [2.05, 4.69) is 26.1 Å². The summed E-state index contributed by atoms with van der Waals surface area (Å²) < 4.78 is 5.99. The van der Waals surface area contributed by atoms with E-state index >= 15 is 0 Å². The van der Waals surface area contributed by atoms with Gasteiger partial charge in [0, 0.05) is 9.50 Å². The third kappa shape index (κ3) is 2.68. The highest BCUT2D eigenvalue weighted by molar-refractivity contribution is 9.10. The average molecular weight is 317 g/mol. The zero-order valence-electron chi connectivity index (χ0n) is 9.15. The van der Waals surface area contributed by atoms with Crippen molar-refractivity contribution in [3.63, 3.8) is 0 Å². The highest BCUT2D eigenvalue weighted by Crippen LogP contribution is 2.30. The molecule has 1 unspecified atom stereocenters. The summed E-state index contributed by atoms with van der Waals surface area (Å²) >= 11 is 9.27. The Hall–Kier alpha value is -0.910. The molecule has 0 aliphatic heterocycles. The molecule has 4 nitrogen and oxygen atoms in total. The molecule has 0 spiro atoms. The first-order valence-electron chi connectivity index (χ1n) is 5.16. The molecule has 2 rings (SSSR count). The SMILES string of the molecule is CCC(N)c1noc(-c2ccc(Cl)cc2Br)n1. The van der Waals surface area contributed by atoms with Crippen LogP contribution in [-0.4, -0.2) is 10.1 Å². The number of nitrogens with two attached hydrogens (primary N) is 1. The van der Waals surface area contributed by atoms with E-state index in [1.165, 1.54) is 0 Å². The Balaban J connectivity index is 2.37. The van der Waals surface area contributed by atoms with Crippen LogP contribution in [0.3, 0.4) is 0 Å². The number of hydrogen-bond acceptors (Lipinski definition) is 4. The van der Waals surface area contributed by atoms with E-state index in [9.17, 15) is 0 Å². The van der Waals surface area contributed by atoms with Crippen molar-refractivity contribution < 1.29 is 4.52 Å². The summed E-state index contributed by atoms with van der Waals surface area (Å²) in [5.74, 6) is 0.955. The van der Waals surface area contributed by atoms with Gasteiger partial charge in [-0.15, -0.1) is 0 Å². The highest BCUT2D eigenvalue weighted by atomic mass is 79.9. The van der Waals surface area contributed by atoms with Crippen molar-refractivity contribution in [1.82, 2.24) is 10.1 Å². The predicted octanol–water partition coefficient (Wildman–Crippen LogP) is 3.56. The fourth-order valence-corrected chi connectivity index (χ4v) is 2.19. The Labute approximate surface area is 112 Å². The van der Waals surface area contributed by atoms with Crippen molar-refractivity contribution in [3.8, 4) is 11.5 Å². The zero-order chi connectivity index (χ0) is 12.4. The Kier molecular flexibility index (Phi) is 3.81. The van der Waals surface area contributed by atoms with E-state index in [4.69, 9.17) is 21.9 Å². The number of rotatable bonds is 3. The second-order valence-electron chi connectivity index (χ2n) is 3.60. The van der Waals surface area contributed by atoms with Crippen LogP contribution in [0.2, 0.25) is 5.02 Å². The number of aromatic nitrogens is 2. The van der Waals surface area contributed by atoms with Gasteiger partial charge < -0.3 is 10.3 Å². The topological polar surface area (TPSA) is 64.9 Å². The van der Waals surface area contributed by atoms with Gasteiger partial charge in [-0.25, -0.2) is 0 Å². The normalized spacial score (nSPS) is 12.7. The van der Waals surface area contributed by atoms with Gasteiger partial charge in [0.2, 0.25) is 0 Å². The molecule has 0 fully saturated rings. The lowest BCUT2D eigenvalue weighted by Gasteiger charge is -2.00. The van der Waals surface area contributed by atoms with Crippen LogP contribution in [0.25, 0.3) is 11.5 Å². The largest absolute Gasteiger partial charge is 0.334 e. The second-order valence-corrected chi connectivity index (χ2v) is 4.89. The molecule has 6 heteroatoms. The maximum atomic E-state index is 5.87. The van der Waals surface area contributed by atoms with E-state index in [0.29, 0.717) is 16.7 Å². The molecule has 0 amide bonds. The third-order valence-electron chi connectivity index (χ3n) is 2.37. The molecule has 0 aliphatic rings. The van der Waals surface area contributed by atoms with E-state index in [1.807, 2.05) is 13.0 Å². The maximum Gasteiger partial charge on any atom is 0.259 e. The molecule has 1 aromatic carbocycles. The number of halogens is 2. The van der Waals surface area contributed by atoms with Gasteiger partial charge in [-0.05, 0) is 40.5 Å². The van der Waals surface area contributed by atoms with E-state index in [0.717, 1.165) is 16.5 Å². The summed E-state index contributed by atoms with van der Waals surface area (Å²) in [6.07, 6.45) is 0.765. The van der Waals surface area contributed by atoms with Crippen LogP contribution in [0.4, 0.5) is 0 Å². The molecule has 2 N–H and O–H groups in total. The zero-order valence-corrected chi connectivity index (χ0v) is 11.5. The smallest absolute Gasteiger partial charge is 0.259 e. The lowest BCUT2D eigenvalue weighted by atomic mass is 10.2. The minimum Gasteiger partial charge on any atom is -0.334 e.